The molecule has 0 amide bonds. The monoisotopic (exact) mass is 323 g/mol. The van der Waals surface area contributed by atoms with Gasteiger partial charge in [-0.3, -0.25) is 0 Å². The number of aryl methyl sites for hydroxylation is 1. The minimum Gasteiger partial charge on any atom is -0.785 e. The van der Waals surface area contributed by atoms with Crippen molar-refractivity contribution in [3.63, 3.8) is 0 Å². The van der Waals surface area contributed by atoms with Crippen LogP contribution in [0.2, 0.25) is 0 Å². The smallest absolute Gasteiger partial charge is 0.785 e. The average Bonchev–Trinajstić information content (AvgIpc) is 3.18. The first-order chi connectivity index (χ1) is 10.2. The Hall–Kier alpha value is 0.0564. The van der Waals surface area contributed by atoms with Gasteiger partial charge in [0.15, 0.2) is 0 Å². The molecule has 2 unspecified atom stereocenters. The van der Waals surface area contributed by atoms with E-state index in [2.05, 4.69) is 37.3 Å². The summed E-state index contributed by atoms with van der Waals surface area (Å²) in [7, 11) is 0. The number of hydrogen-bond acceptors (Lipinski definition) is 3. The Kier molecular flexibility index (Phi) is 7.34. The Labute approximate surface area is 175 Å². The zero-order valence-electron chi connectivity index (χ0n) is 13.5. The molecule has 0 saturated carbocycles. The summed E-state index contributed by atoms with van der Waals surface area (Å²) in [5, 5.41) is 14.5. The van der Waals surface area contributed by atoms with E-state index in [-0.39, 0.29) is 51.4 Å². The van der Waals surface area contributed by atoms with Crippen LogP contribution in [-0.2, 0) is 0 Å². The van der Waals surface area contributed by atoms with Crippen molar-refractivity contribution in [1.82, 2.24) is 5.06 Å². The second-order valence-electron chi connectivity index (χ2n) is 5.96. The number of benzene rings is 2. The number of nitrogens with zero attached hydrogens (tertiary/aromatic N) is 1. The molecule has 2 aromatic carbocycles. The van der Waals surface area contributed by atoms with Crippen molar-refractivity contribution in [3.05, 3.63) is 47.2 Å². The molecule has 0 spiro atoms. The van der Waals surface area contributed by atoms with Crippen LogP contribution < -0.4 is 56.1 Å². The van der Waals surface area contributed by atoms with E-state index in [4.69, 9.17) is 4.74 Å². The molecular weight excluding hydrogens is 301 g/mol. The Balaban J connectivity index is 0.00000176. The molecule has 1 fully saturated rings. The minimum absolute atomic E-state index is 0. The fourth-order valence-electron chi connectivity index (χ4n) is 2.68. The fraction of sp³-hybridized carbons (Fsp3) is 0.444. The molecule has 4 heteroatoms. The van der Waals surface area contributed by atoms with Crippen LogP contribution in [-0.4, -0.2) is 24.3 Å². The molecule has 3 nitrogen and oxygen atoms in total. The van der Waals surface area contributed by atoms with Gasteiger partial charge in [-0.1, -0.05) is 42.7 Å². The summed E-state index contributed by atoms with van der Waals surface area (Å²) in [6.07, 6.45) is 4.36. The molecule has 1 saturated heterocycles. The zero-order valence-corrected chi connectivity index (χ0v) is 16.7. The maximum atomic E-state index is 10.8. The fourth-order valence-corrected chi connectivity index (χ4v) is 2.68. The van der Waals surface area contributed by atoms with E-state index in [1.807, 2.05) is 6.07 Å². The molecule has 3 rings (SSSR count). The van der Waals surface area contributed by atoms with Gasteiger partial charge in [-0.15, -0.1) is 0 Å². The van der Waals surface area contributed by atoms with Crippen LogP contribution in [0, 0.1) is 12.1 Å². The van der Waals surface area contributed by atoms with Crippen molar-refractivity contribution in [2.45, 2.75) is 38.6 Å². The Morgan fingerprint density at radius 3 is 2.59 bits per heavy atom. The topological polar surface area (TPSA) is 35.3 Å². The maximum Gasteiger partial charge on any atom is 1.00 e. The average molecular weight is 323 g/mol. The standard InChI is InChI=1S/C18H22NO2.K/c1-14-6-7-16-12-18(9-8-15(16)11-14)21-10-4-2-3-5-17-13-19(17)20;/h6-9,11-12,17H,2-5,10,13H2,1H3;/q-1;+1. The SMILES string of the molecule is Cc1ccc2cc(OCCCCCC3CN3[O-])ccc2c1.[K+]. The van der Waals surface area contributed by atoms with Crippen molar-refractivity contribution in [2.75, 3.05) is 13.2 Å². The van der Waals surface area contributed by atoms with Crippen molar-refractivity contribution in [2.24, 2.45) is 0 Å². The molecule has 0 bridgehead atoms. The molecule has 0 aliphatic carbocycles. The molecule has 0 N–H and O–H groups in total. The van der Waals surface area contributed by atoms with Gasteiger partial charge in [0.25, 0.3) is 0 Å². The molecular formula is C18H22KNO2. The van der Waals surface area contributed by atoms with Crippen molar-refractivity contribution in [3.8, 4) is 5.75 Å². The molecule has 2 aromatic rings. The molecule has 0 aromatic heterocycles. The summed E-state index contributed by atoms with van der Waals surface area (Å²) >= 11 is 0. The molecule has 2 atom stereocenters. The number of hydroxylamine groups is 2. The third-order valence-corrected chi connectivity index (χ3v) is 4.08. The van der Waals surface area contributed by atoms with E-state index >= 15 is 0 Å². The van der Waals surface area contributed by atoms with Crippen LogP contribution in [0.5, 0.6) is 5.75 Å². The van der Waals surface area contributed by atoms with Gasteiger partial charge >= 0.3 is 51.4 Å². The van der Waals surface area contributed by atoms with Crippen LogP contribution in [0.1, 0.15) is 31.2 Å². The summed E-state index contributed by atoms with van der Waals surface area (Å²) in [4.78, 5) is 0. The predicted molar refractivity (Wildman–Crippen MR) is 86.5 cm³/mol. The molecule has 22 heavy (non-hydrogen) atoms. The first-order valence-corrected chi connectivity index (χ1v) is 7.79. The number of rotatable bonds is 7. The van der Waals surface area contributed by atoms with Crippen LogP contribution in [0.15, 0.2) is 36.4 Å². The first kappa shape index (κ1) is 18.4. The van der Waals surface area contributed by atoms with Gasteiger partial charge in [0.1, 0.15) is 5.75 Å². The number of ether oxygens (including phenoxy) is 1. The summed E-state index contributed by atoms with van der Waals surface area (Å²) in [6, 6.07) is 13.0. The van der Waals surface area contributed by atoms with E-state index in [1.165, 1.54) is 16.3 Å². The number of fused-ring (bicyclic) bond motifs is 1. The zero-order chi connectivity index (χ0) is 14.7. The van der Waals surface area contributed by atoms with Crippen LogP contribution in [0.4, 0.5) is 0 Å². The van der Waals surface area contributed by atoms with Gasteiger partial charge in [0.05, 0.1) is 6.61 Å². The molecule has 1 aliphatic rings. The van der Waals surface area contributed by atoms with Gasteiger partial charge in [-0.25, -0.2) is 0 Å². The number of unbranched alkanes of at least 4 members (excludes halogenated alkanes) is 2. The Bertz CT molecular complexity index is 617. The molecule has 1 heterocycles. The van der Waals surface area contributed by atoms with Crippen molar-refractivity contribution < 1.29 is 56.1 Å². The Morgan fingerprint density at radius 2 is 1.82 bits per heavy atom. The van der Waals surface area contributed by atoms with Crippen LogP contribution >= 0.6 is 0 Å². The van der Waals surface area contributed by atoms with Gasteiger partial charge in [-0.2, -0.15) is 0 Å². The normalized spacial score (nSPS) is 19.7. The number of hydrogen-bond donors (Lipinski definition) is 0. The van der Waals surface area contributed by atoms with E-state index in [0.29, 0.717) is 6.04 Å². The summed E-state index contributed by atoms with van der Waals surface area (Å²) in [6.45, 7) is 3.60. The molecule has 112 valence electrons. The van der Waals surface area contributed by atoms with Crippen molar-refractivity contribution >= 4 is 10.8 Å². The maximum absolute atomic E-state index is 10.8. The third kappa shape index (κ3) is 5.30. The second-order valence-corrected chi connectivity index (χ2v) is 5.96. The summed E-state index contributed by atoms with van der Waals surface area (Å²) < 4.78 is 5.82. The van der Waals surface area contributed by atoms with Gasteiger partial charge in [0, 0.05) is 12.6 Å². The van der Waals surface area contributed by atoms with Crippen LogP contribution in [0.25, 0.3) is 10.8 Å². The quantitative estimate of drug-likeness (QED) is 0.437. The first-order valence-electron chi connectivity index (χ1n) is 7.79. The van der Waals surface area contributed by atoms with E-state index in [9.17, 15) is 5.21 Å². The Morgan fingerprint density at radius 1 is 1.09 bits per heavy atom. The largest absolute Gasteiger partial charge is 1.00 e. The van der Waals surface area contributed by atoms with E-state index < -0.39 is 0 Å². The van der Waals surface area contributed by atoms with E-state index in [0.717, 1.165) is 49.6 Å². The van der Waals surface area contributed by atoms with E-state index in [1.54, 1.807) is 0 Å². The summed E-state index contributed by atoms with van der Waals surface area (Å²) in [5.41, 5.74) is 1.28. The molecule has 0 radical (unpaired) electrons. The van der Waals surface area contributed by atoms with Gasteiger partial charge < -0.3 is 15.0 Å². The predicted octanol–water partition coefficient (Wildman–Crippen LogP) is 1.27. The minimum atomic E-state index is 0. The molecule has 1 aliphatic heterocycles. The van der Waals surface area contributed by atoms with Gasteiger partial charge in [0.2, 0.25) is 0 Å². The third-order valence-electron chi connectivity index (χ3n) is 4.08. The second kappa shape index (κ2) is 8.78. The van der Waals surface area contributed by atoms with Crippen LogP contribution in [0.3, 0.4) is 0 Å². The van der Waals surface area contributed by atoms with Gasteiger partial charge in [-0.05, 0) is 42.7 Å². The summed E-state index contributed by atoms with van der Waals surface area (Å²) in [5.74, 6) is 0.944. The van der Waals surface area contributed by atoms with Crippen molar-refractivity contribution in [1.29, 1.82) is 0 Å².